The van der Waals surface area contributed by atoms with Gasteiger partial charge in [0.25, 0.3) is 0 Å². The summed E-state index contributed by atoms with van der Waals surface area (Å²) in [7, 11) is 1.64. The topological polar surface area (TPSA) is 81.3 Å². The summed E-state index contributed by atoms with van der Waals surface area (Å²) < 4.78 is 10.8. The largest absolute Gasteiger partial charge is 0.495 e. The number of aromatic nitrogens is 3. The zero-order valence-corrected chi connectivity index (χ0v) is 20.5. The van der Waals surface area contributed by atoms with Gasteiger partial charge in [-0.2, -0.15) is 0 Å². The Morgan fingerprint density at radius 2 is 1.56 bits per heavy atom. The van der Waals surface area contributed by atoms with Crippen LogP contribution < -0.4 is 4.74 Å². The number of nitrogens with zero attached hydrogens (tertiary/aromatic N) is 3. The molecule has 0 aliphatic heterocycles. The summed E-state index contributed by atoms with van der Waals surface area (Å²) in [5.41, 5.74) is 4.22. The Kier molecular flexibility index (Phi) is 6.28. The van der Waals surface area contributed by atoms with Crippen molar-refractivity contribution in [3.05, 3.63) is 84.1 Å². The van der Waals surface area contributed by atoms with Gasteiger partial charge in [0.1, 0.15) is 17.0 Å². The van der Waals surface area contributed by atoms with Crippen molar-refractivity contribution >= 4 is 0 Å². The maximum Gasteiger partial charge on any atom is 0.168 e. The van der Waals surface area contributed by atoms with E-state index in [4.69, 9.17) is 14.2 Å². The first-order chi connectivity index (χ1) is 16.1. The second-order valence-corrected chi connectivity index (χ2v) is 9.62. The van der Waals surface area contributed by atoms with E-state index in [2.05, 4.69) is 55.2 Å². The van der Waals surface area contributed by atoms with Crippen molar-refractivity contribution in [2.24, 2.45) is 5.92 Å². The first-order valence-corrected chi connectivity index (χ1v) is 11.4. The number of methoxy groups -OCH3 is 1. The minimum Gasteiger partial charge on any atom is -0.495 e. The number of hydrogen-bond acceptors (Lipinski definition) is 6. The number of rotatable bonds is 7. The fourth-order valence-electron chi connectivity index (χ4n) is 4.02. The highest BCUT2D eigenvalue weighted by molar-refractivity contribution is 5.65. The molecule has 4 rings (SSSR count). The highest BCUT2D eigenvalue weighted by Crippen LogP contribution is 2.39. The van der Waals surface area contributed by atoms with E-state index < -0.39 is 5.60 Å². The zero-order valence-electron chi connectivity index (χ0n) is 20.5. The SMILES string of the molecule is COc1cncc(-c2ccc(C(C)(c3ccc(-c4cc(C(C)(C)O)no4)cn3)C(C)C)cc2)c1. The Bertz CT molecular complexity index is 1260. The van der Waals surface area contributed by atoms with Crippen LogP contribution in [0.3, 0.4) is 0 Å². The molecule has 0 amide bonds. The average Bonchev–Trinajstić information content (AvgIpc) is 3.35. The molecule has 0 aliphatic carbocycles. The van der Waals surface area contributed by atoms with E-state index in [1.165, 1.54) is 5.56 Å². The van der Waals surface area contributed by atoms with Crippen molar-refractivity contribution in [3.63, 3.8) is 0 Å². The number of benzene rings is 1. The van der Waals surface area contributed by atoms with Gasteiger partial charge in [-0.05, 0) is 56.0 Å². The maximum atomic E-state index is 10.2. The fraction of sp³-hybridized carbons (Fsp3) is 0.321. The van der Waals surface area contributed by atoms with Crippen LogP contribution in [0.15, 0.2) is 71.6 Å². The summed E-state index contributed by atoms with van der Waals surface area (Å²) in [6.45, 7) is 10.0. The van der Waals surface area contributed by atoms with E-state index in [9.17, 15) is 5.11 Å². The van der Waals surface area contributed by atoms with Gasteiger partial charge in [-0.3, -0.25) is 9.97 Å². The Labute approximate surface area is 200 Å². The molecule has 3 heterocycles. The Balaban J connectivity index is 1.65. The molecule has 6 nitrogen and oxygen atoms in total. The molecule has 0 fully saturated rings. The normalized spacial score (nSPS) is 13.6. The molecule has 0 radical (unpaired) electrons. The summed E-state index contributed by atoms with van der Waals surface area (Å²) >= 11 is 0. The third kappa shape index (κ3) is 4.46. The third-order valence-electron chi connectivity index (χ3n) is 6.64. The molecule has 1 unspecified atom stereocenters. The summed E-state index contributed by atoms with van der Waals surface area (Å²) in [6, 6.07) is 16.3. The van der Waals surface area contributed by atoms with Gasteiger partial charge in [-0.1, -0.05) is 43.3 Å². The van der Waals surface area contributed by atoms with Gasteiger partial charge >= 0.3 is 0 Å². The van der Waals surface area contributed by atoms with E-state index in [1.54, 1.807) is 39.4 Å². The van der Waals surface area contributed by atoms with E-state index in [0.29, 0.717) is 17.4 Å². The molecule has 176 valence electrons. The van der Waals surface area contributed by atoms with Crippen molar-refractivity contribution in [1.82, 2.24) is 15.1 Å². The van der Waals surface area contributed by atoms with Crippen LogP contribution in [-0.2, 0) is 11.0 Å². The van der Waals surface area contributed by atoms with Gasteiger partial charge in [-0.25, -0.2) is 0 Å². The van der Waals surface area contributed by atoms with Gasteiger partial charge < -0.3 is 14.4 Å². The highest BCUT2D eigenvalue weighted by atomic mass is 16.5. The molecule has 0 bridgehead atoms. The van der Waals surface area contributed by atoms with Crippen LogP contribution >= 0.6 is 0 Å². The summed E-state index contributed by atoms with van der Waals surface area (Å²) in [4.78, 5) is 9.09. The Morgan fingerprint density at radius 3 is 2.12 bits per heavy atom. The maximum absolute atomic E-state index is 10.2. The van der Waals surface area contributed by atoms with Crippen molar-refractivity contribution in [2.45, 2.75) is 45.6 Å². The van der Waals surface area contributed by atoms with Gasteiger partial charge in [0.15, 0.2) is 5.76 Å². The van der Waals surface area contributed by atoms with Crippen LogP contribution in [0.5, 0.6) is 5.75 Å². The monoisotopic (exact) mass is 457 g/mol. The lowest BCUT2D eigenvalue weighted by molar-refractivity contribution is 0.0701. The molecule has 0 saturated heterocycles. The van der Waals surface area contributed by atoms with Crippen LogP contribution in [-0.4, -0.2) is 27.3 Å². The Hall–Kier alpha value is -3.51. The quantitative estimate of drug-likeness (QED) is 0.367. The number of pyridine rings is 2. The average molecular weight is 458 g/mol. The molecule has 0 aliphatic rings. The molecule has 1 atom stereocenters. The molecule has 1 aromatic carbocycles. The van der Waals surface area contributed by atoms with Gasteiger partial charge in [0.05, 0.1) is 19.0 Å². The standard InChI is InChI=1S/C28H31N3O3/c1-18(2)28(5,22-10-7-19(8-11-22)21-13-23(33-6)17-29-15-21)25-12-9-20(16-30-25)24-14-26(31-34-24)27(3,4)32/h7-18,32H,1-6H3. The molecule has 6 heteroatoms. The summed E-state index contributed by atoms with van der Waals surface area (Å²) in [6.07, 6.45) is 5.35. The molecule has 1 N–H and O–H groups in total. The lowest BCUT2D eigenvalue weighted by Gasteiger charge is -2.34. The third-order valence-corrected chi connectivity index (χ3v) is 6.64. The molecule has 34 heavy (non-hydrogen) atoms. The van der Waals surface area contributed by atoms with Crippen molar-refractivity contribution in [2.75, 3.05) is 7.11 Å². The second kappa shape index (κ2) is 9.03. The highest BCUT2D eigenvalue weighted by Gasteiger charge is 2.34. The fourth-order valence-corrected chi connectivity index (χ4v) is 4.02. The minimum atomic E-state index is -1.06. The van der Waals surface area contributed by atoms with Crippen LogP contribution in [0.1, 0.15) is 51.6 Å². The molecule has 4 aromatic rings. The number of aliphatic hydroxyl groups is 1. The second-order valence-electron chi connectivity index (χ2n) is 9.62. The van der Waals surface area contributed by atoms with Gasteiger partial charge in [0.2, 0.25) is 0 Å². The first kappa shape index (κ1) is 23.6. The summed E-state index contributed by atoms with van der Waals surface area (Å²) in [5.74, 6) is 1.63. The lowest BCUT2D eigenvalue weighted by Crippen LogP contribution is -2.31. The van der Waals surface area contributed by atoms with Crippen LogP contribution in [0.25, 0.3) is 22.5 Å². The van der Waals surface area contributed by atoms with E-state index >= 15 is 0 Å². The van der Waals surface area contributed by atoms with E-state index in [0.717, 1.165) is 28.1 Å². The molecule has 3 aromatic heterocycles. The summed E-state index contributed by atoms with van der Waals surface area (Å²) in [5, 5.41) is 14.1. The van der Waals surface area contributed by atoms with E-state index in [1.807, 2.05) is 24.4 Å². The van der Waals surface area contributed by atoms with Crippen molar-refractivity contribution in [3.8, 4) is 28.2 Å². The van der Waals surface area contributed by atoms with Crippen LogP contribution in [0.4, 0.5) is 0 Å². The first-order valence-electron chi connectivity index (χ1n) is 11.4. The zero-order chi connectivity index (χ0) is 24.5. The predicted molar refractivity (Wildman–Crippen MR) is 132 cm³/mol. The van der Waals surface area contributed by atoms with Gasteiger partial charge in [-0.15, -0.1) is 0 Å². The molecule has 0 saturated carbocycles. The molecular weight excluding hydrogens is 426 g/mol. The molecule has 0 spiro atoms. The van der Waals surface area contributed by atoms with Crippen LogP contribution in [0.2, 0.25) is 0 Å². The van der Waals surface area contributed by atoms with Crippen LogP contribution in [0, 0.1) is 5.92 Å². The minimum absolute atomic E-state index is 0.288. The Morgan fingerprint density at radius 1 is 0.853 bits per heavy atom. The van der Waals surface area contributed by atoms with Crippen molar-refractivity contribution in [1.29, 1.82) is 0 Å². The van der Waals surface area contributed by atoms with E-state index in [-0.39, 0.29) is 5.41 Å². The lowest BCUT2D eigenvalue weighted by atomic mass is 9.70. The predicted octanol–water partition coefficient (Wildman–Crippen LogP) is 6.00. The molecular formula is C28H31N3O3. The smallest absolute Gasteiger partial charge is 0.168 e. The number of ether oxygens (including phenoxy) is 1. The number of hydrogen-bond donors (Lipinski definition) is 1. The van der Waals surface area contributed by atoms with Crippen molar-refractivity contribution < 1.29 is 14.4 Å². The van der Waals surface area contributed by atoms with Gasteiger partial charge in [0, 0.05) is 35.0 Å².